The van der Waals surface area contributed by atoms with E-state index in [4.69, 9.17) is 27.9 Å². The van der Waals surface area contributed by atoms with Crippen LogP contribution in [0.1, 0.15) is 0 Å². The lowest BCUT2D eigenvalue weighted by Crippen LogP contribution is -2.09. The average molecular weight is 270 g/mol. The third-order valence-corrected chi connectivity index (χ3v) is 2.67. The summed E-state index contributed by atoms with van der Waals surface area (Å²) in [6, 6.07) is 2.85. The molecule has 0 spiro atoms. The summed E-state index contributed by atoms with van der Waals surface area (Å²) < 4.78 is 29.1. The number of halogens is 2. The number of anilines is 1. The first kappa shape index (κ1) is 12.4. The predicted octanol–water partition coefficient (Wildman–Crippen LogP) is 2.37. The molecular formula is C8H9Cl2NO3S. The number of nitrogens with one attached hydrogen (secondary N) is 1. The van der Waals surface area contributed by atoms with Crippen molar-refractivity contribution in [3.63, 3.8) is 0 Å². The van der Waals surface area contributed by atoms with Gasteiger partial charge in [0.15, 0.2) is 5.75 Å². The highest BCUT2D eigenvalue weighted by atomic mass is 35.5. The van der Waals surface area contributed by atoms with E-state index in [1.54, 1.807) is 0 Å². The fourth-order valence-corrected chi connectivity index (χ4v) is 2.22. The Bertz CT molecular complexity index is 450. The number of hydrogen-bond donors (Lipinski definition) is 1. The molecule has 84 valence electrons. The molecule has 0 fully saturated rings. The molecule has 15 heavy (non-hydrogen) atoms. The standard InChI is InChI=1S/C8H9Cl2NO3S/c1-14-8-6(9)3-5(4-7(8)10)11-15(2,12)13/h3-4,11H,1-2H3. The molecule has 1 rings (SSSR count). The van der Waals surface area contributed by atoms with E-state index in [1.807, 2.05) is 0 Å². The molecular weight excluding hydrogens is 261 g/mol. The lowest BCUT2D eigenvalue weighted by atomic mass is 10.3. The van der Waals surface area contributed by atoms with E-state index in [1.165, 1.54) is 19.2 Å². The molecule has 0 bridgehead atoms. The highest BCUT2D eigenvalue weighted by Gasteiger charge is 2.10. The van der Waals surface area contributed by atoms with Crippen LogP contribution in [0, 0.1) is 0 Å². The second kappa shape index (κ2) is 4.47. The Morgan fingerprint density at radius 2 is 1.73 bits per heavy atom. The van der Waals surface area contributed by atoms with Crippen LogP contribution in [-0.4, -0.2) is 21.8 Å². The SMILES string of the molecule is COc1c(Cl)cc(NS(C)(=O)=O)cc1Cl. The van der Waals surface area contributed by atoms with Crippen LogP contribution >= 0.6 is 23.2 Å². The van der Waals surface area contributed by atoms with Gasteiger partial charge in [-0.3, -0.25) is 4.72 Å². The van der Waals surface area contributed by atoms with Gasteiger partial charge in [0.05, 0.1) is 29.1 Å². The molecule has 1 N–H and O–H groups in total. The lowest BCUT2D eigenvalue weighted by molar-refractivity contribution is 0.415. The Morgan fingerprint density at radius 3 is 2.07 bits per heavy atom. The van der Waals surface area contributed by atoms with Crippen molar-refractivity contribution >= 4 is 38.9 Å². The van der Waals surface area contributed by atoms with Gasteiger partial charge in [0.2, 0.25) is 10.0 Å². The summed E-state index contributed by atoms with van der Waals surface area (Å²) in [6.07, 6.45) is 1.04. The van der Waals surface area contributed by atoms with Crippen molar-refractivity contribution < 1.29 is 13.2 Å². The first-order valence-electron chi connectivity index (χ1n) is 3.84. The van der Waals surface area contributed by atoms with Gasteiger partial charge < -0.3 is 4.74 Å². The fraction of sp³-hybridized carbons (Fsp3) is 0.250. The Kier molecular flexibility index (Phi) is 3.70. The summed E-state index contributed by atoms with van der Waals surface area (Å²) in [7, 11) is -1.91. The van der Waals surface area contributed by atoms with Gasteiger partial charge in [-0.2, -0.15) is 0 Å². The zero-order valence-electron chi connectivity index (χ0n) is 8.04. The van der Waals surface area contributed by atoms with Crippen LogP contribution in [0.4, 0.5) is 5.69 Å². The molecule has 7 heteroatoms. The molecule has 0 aliphatic carbocycles. The summed E-state index contributed by atoms with van der Waals surface area (Å²) in [4.78, 5) is 0. The molecule has 0 saturated heterocycles. The van der Waals surface area contributed by atoms with Gasteiger partial charge in [0.1, 0.15) is 0 Å². The van der Waals surface area contributed by atoms with Crippen LogP contribution in [0.5, 0.6) is 5.75 Å². The van der Waals surface area contributed by atoms with Crippen molar-refractivity contribution in [3.05, 3.63) is 22.2 Å². The first-order chi connectivity index (χ1) is 6.83. The fourth-order valence-electron chi connectivity index (χ4n) is 1.03. The van der Waals surface area contributed by atoms with E-state index < -0.39 is 10.0 Å². The van der Waals surface area contributed by atoms with E-state index >= 15 is 0 Å². The molecule has 0 amide bonds. The minimum atomic E-state index is -3.34. The third-order valence-electron chi connectivity index (χ3n) is 1.51. The minimum Gasteiger partial charge on any atom is -0.494 e. The Labute approximate surface area is 98.2 Å². The monoisotopic (exact) mass is 269 g/mol. The Hall–Kier alpha value is -0.650. The molecule has 1 aromatic rings. The second-order valence-corrected chi connectivity index (χ2v) is 5.41. The summed E-state index contributed by atoms with van der Waals surface area (Å²) in [5, 5.41) is 0.493. The summed E-state index contributed by atoms with van der Waals surface area (Å²) in [6.45, 7) is 0. The normalized spacial score (nSPS) is 11.2. The maximum atomic E-state index is 10.9. The van der Waals surface area contributed by atoms with Gasteiger partial charge in [0, 0.05) is 0 Å². The Morgan fingerprint density at radius 1 is 1.27 bits per heavy atom. The van der Waals surface area contributed by atoms with E-state index in [2.05, 4.69) is 4.72 Å². The van der Waals surface area contributed by atoms with Crippen LogP contribution in [-0.2, 0) is 10.0 Å². The highest BCUT2D eigenvalue weighted by Crippen LogP contribution is 2.35. The van der Waals surface area contributed by atoms with Crippen molar-refractivity contribution in [1.82, 2.24) is 0 Å². The molecule has 4 nitrogen and oxygen atoms in total. The zero-order chi connectivity index (χ0) is 11.6. The summed E-state index contributed by atoms with van der Waals surface area (Å²) >= 11 is 11.6. The van der Waals surface area contributed by atoms with Crippen molar-refractivity contribution in [2.75, 3.05) is 18.1 Å². The quantitative estimate of drug-likeness (QED) is 0.917. The molecule has 0 heterocycles. The molecule has 0 aromatic heterocycles. The van der Waals surface area contributed by atoms with Crippen LogP contribution in [0.15, 0.2) is 12.1 Å². The first-order valence-corrected chi connectivity index (χ1v) is 6.49. The average Bonchev–Trinajstić information content (AvgIpc) is 1.99. The second-order valence-electron chi connectivity index (χ2n) is 2.85. The topological polar surface area (TPSA) is 55.4 Å². The summed E-state index contributed by atoms with van der Waals surface area (Å²) in [5.74, 6) is 0.317. The van der Waals surface area contributed by atoms with Crippen LogP contribution in [0.25, 0.3) is 0 Å². The number of ether oxygens (including phenoxy) is 1. The molecule has 1 aromatic carbocycles. The minimum absolute atomic E-state index is 0.246. The maximum Gasteiger partial charge on any atom is 0.229 e. The van der Waals surface area contributed by atoms with E-state index in [-0.39, 0.29) is 10.0 Å². The predicted molar refractivity (Wildman–Crippen MR) is 61.5 cm³/mol. The van der Waals surface area contributed by atoms with Gasteiger partial charge in [-0.25, -0.2) is 8.42 Å². The van der Waals surface area contributed by atoms with Gasteiger partial charge in [-0.1, -0.05) is 23.2 Å². The molecule has 0 unspecified atom stereocenters. The van der Waals surface area contributed by atoms with Crippen LogP contribution in [0.2, 0.25) is 10.0 Å². The Balaban J connectivity index is 3.15. The smallest absolute Gasteiger partial charge is 0.229 e. The van der Waals surface area contributed by atoms with Crippen molar-refractivity contribution in [3.8, 4) is 5.75 Å². The number of benzene rings is 1. The number of methoxy groups -OCH3 is 1. The van der Waals surface area contributed by atoms with Gasteiger partial charge in [0.25, 0.3) is 0 Å². The van der Waals surface area contributed by atoms with Crippen molar-refractivity contribution in [2.24, 2.45) is 0 Å². The summed E-state index contributed by atoms with van der Waals surface area (Å²) in [5.41, 5.74) is 0.299. The third kappa shape index (κ3) is 3.44. The van der Waals surface area contributed by atoms with Crippen LogP contribution in [0.3, 0.4) is 0 Å². The molecule has 0 saturated carbocycles. The van der Waals surface area contributed by atoms with Crippen molar-refractivity contribution in [2.45, 2.75) is 0 Å². The number of hydrogen-bond acceptors (Lipinski definition) is 3. The lowest BCUT2D eigenvalue weighted by Gasteiger charge is -2.09. The highest BCUT2D eigenvalue weighted by molar-refractivity contribution is 7.92. The number of rotatable bonds is 3. The van der Waals surface area contributed by atoms with Gasteiger partial charge >= 0.3 is 0 Å². The van der Waals surface area contributed by atoms with E-state index in [0.717, 1.165) is 6.26 Å². The van der Waals surface area contributed by atoms with Crippen molar-refractivity contribution in [1.29, 1.82) is 0 Å². The van der Waals surface area contributed by atoms with Crippen LogP contribution < -0.4 is 9.46 Å². The zero-order valence-corrected chi connectivity index (χ0v) is 10.4. The van der Waals surface area contributed by atoms with Gasteiger partial charge in [-0.15, -0.1) is 0 Å². The van der Waals surface area contributed by atoms with E-state index in [9.17, 15) is 8.42 Å². The molecule has 0 atom stereocenters. The number of sulfonamides is 1. The molecule has 0 aliphatic rings. The van der Waals surface area contributed by atoms with E-state index in [0.29, 0.717) is 11.4 Å². The molecule has 0 radical (unpaired) electrons. The molecule has 0 aliphatic heterocycles. The van der Waals surface area contributed by atoms with Gasteiger partial charge in [-0.05, 0) is 12.1 Å². The largest absolute Gasteiger partial charge is 0.494 e. The maximum absolute atomic E-state index is 10.9.